The molecule has 1 N–H and O–H groups in total. The number of hydrogen-bond acceptors (Lipinski definition) is 5. The van der Waals surface area contributed by atoms with Crippen LogP contribution in [0.4, 0.5) is 0 Å². The van der Waals surface area contributed by atoms with E-state index >= 15 is 0 Å². The van der Waals surface area contributed by atoms with E-state index in [1.807, 2.05) is 11.7 Å². The van der Waals surface area contributed by atoms with Crippen molar-refractivity contribution in [2.24, 2.45) is 5.92 Å². The Hall–Kier alpha value is -1.33. The average Bonchev–Trinajstić information content (AvgIpc) is 2.99. The predicted octanol–water partition coefficient (Wildman–Crippen LogP) is 3.01. The van der Waals surface area contributed by atoms with Crippen LogP contribution >= 0.6 is 11.3 Å². The van der Waals surface area contributed by atoms with E-state index in [2.05, 4.69) is 31.1 Å². The number of rotatable bonds is 4. The second kappa shape index (κ2) is 6.20. The second-order valence-electron chi connectivity index (χ2n) is 6.10. The Morgan fingerprint density at radius 2 is 2.24 bits per heavy atom. The topological polar surface area (TPSA) is 50.7 Å². The van der Waals surface area contributed by atoms with Crippen molar-refractivity contribution < 1.29 is 0 Å². The lowest BCUT2D eigenvalue weighted by Gasteiger charge is -2.26. The Bertz CT molecular complexity index is 607. The monoisotopic (exact) mass is 302 g/mol. The first-order valence-electron chi connectivity index (χ1n) is 7.62. The van der Waals surface area contributed by atoms with Gasteiger partial charge in [-0.3, -0.25) is 4.98 Å². The Labute approximate surface area is 130 Å². The SMILES string of the molecule is Cc1nc(-c2cncs2)nc2c1CC(CNC(C)C)CC2. The molecule has 5 heteroatoms. The van der Waals surface area contributed by atoms with Gasteiger partial charge in [0.2, 0.25) is 0 Å². The number of aromatic nitrogens is 3. The van der Waals surface area contributed by atoms with E-state index < -0.39 is 0 Å². The van der Waals surface area contributed by atoms with Crippen molar-refractivity contribution in [3.05, 3.63) is 28.7 Å². The van der Waals surface area contributed by atoms with Crippen molar-refractivity contribution in [1.82, 2.24) is 20.3 Å². The number of aryl methyl sites for hydroxylation is 2. The zero-order valence-electron chi connectivity index (χ0n) is 12.9. The molecule has 0 aromatic carbocycles. The van der Waals surface area contributed by atoms with E-state index in [4.69, 9.17) is 9.97 Å². The van der Waals surface area contributed by atoms with Gasteiger partial charge < -0.3 is 5.32 Å². The van der Waals surface area contributed by atoms with Crippen molar-refractivity contribution in [3.8, 4) is 10.7 Å². The Balaban J connectivity index is 1.80. The van der Waals surface area contributed by atoms with Gasteiger partial charge in [-0.25, -0.2) is 9.97 Å². The first kappa shape index (κ1) is 14.6. The second-order valence-corrected chi connectivity index (χ2v) is 6.98. The molecule has 0 fully saturated rings. The molecule has 4 nitrogen and oxygen atoms in total. The van der Waals surface area contributed by atoms with Crippen molar-refractivity contribution in [2.45, 2.75) is 46.1 Å². The summed E-state index contributed by atoms with van der Waals surface area (Å²) in [7, 11) is 0. The molecule has 0 saturated carbocycles. The van der Waals surface area contributed by atoms with Crippen LogP contribution in [0.1, 0.15) is 37.2 Å². The van der Waals surface area contributed by atoms with Gasteiger partial charge in [-0.15, -0.1) is 11.3 Å². The summed E-state index contributed by atoms with van der Waals surface area (Å²) in [4.78, 5) is 14.7. The molecule has 0 spiro atoms. The summed E-state index contributed by atoms with van der Waals surface area (Å²) in [5.74, 6) is 1.55. The smallest absolute Gasteiger partial charge is 0.171 e. The molecule has 0 saturated heterocycles. The summed E-state index contributed by atoms with van der Waals surface area (Å²) in [6.07, 6.45) is 5.23. The highest BCUT2D eigenvalue weighted by atomic mass is 32.1. The highest BCUT2D eigenvalue weighted by molar-refractivity contribution is 7.13. The molecule has 3 rings (SSSR count). The van der Waals surface area contributed by atoms with Crippen LogP contribution in [0.25, 0.3) is 10.7 Å². The highest BCUT2D eigenvalue weighted by Gasteiger charge is 2.23. The maximum atomic E-state index is 4.79. The minimum atomic E-state index is 0.553. The molecule has 1 aliphatic rings. The third kappa shape index (κ3) is 3.30. The van der Waals surface area contributed by atoms with Crippen molar-refractivity contribution in [3.63, 3.8) is 0 Å². The van der Waals surface area contributed by atoms with E-state index in [9.17, 15) is 0 Å². The highest BCUT2D eigenvalue weighted by Crippen LogP contribution is 2.29. The molecule has 0 bridgehead atoms. The van der Waals surface area contributed by atoms with Crippen LogP contribution in [0.3, 0.4) is 0 Å². The molecule has 0 amide bonds. The maximum Gasteiger partial charge on any atom is 0.171 e. The first-order valence-corrected chi connectivity index (χ1v) is 8.50. The van der Waals surface area contributed by atoms with E-state index in [0.29, 0.717) is 12.0 Å². The van der Waals surface area contributed by atoms with Gasteiger partial charge >= 0.3 is 0 Å². The Morgan fingerprint density at radius 1 is 1.38 bits per heavy atom. The van der Waals surface area contributed by atoms with E-state index in [-0.39, 0.29) is 0 Å². The molecular weight excluding hydrogens is 280 g/mol. The number of thiazole rings is 1. The summed E-state index contributed by atoms with van der Waals surface area (Å²) in [6.45, 7) is 7.61. The zero-order chi connectivity index (χ0) is 14.8. The molecule has 112 valence electrons. The van der Waals surface area contributed by atoms with Gasteiger partial charge in [-0.2, -0.15) is 0 Å². The van der Waals surface area contributed by atoms with Crippen molar-refractivity contribution >= 4 is 11.3 Å². The van der Waals surface area contributed by atoms with E-state index in [1.54, 1.807) is 11.3 Å². The molecule has 2 aromatic rings. The number of fused-ring (bicyclic) bond motifs is 1. The molecule has 1 atom stereocenters. The molecule has 2 aromatic heterocycles. The molecule has 1 unspecified atom stereocenters. The Morgan fingerprint density at radius 3 is 2.95 bits per heavy atom. The van der Waals surface area contributed by atoms with Gasteiger partial charge in [0.15, 0.2) is 5.82 Å². The summed E-state index contributed by atoms with van der Waals surface area (Å²) in [5, 5.41) is 3.55. The normalized spacial score (nSPS) is 18.0. The van der Waals surface area contributed by atoms with Gasteiger partial charge in [-0.1, -0.05) is 13.8 Å². The fourth-order valence-corrected chi connectivity index (χ4v) is 3.43. The van der Waals surface area contributed by atoms with Crippen LogP contribution in [0.2, 0.25) is 0 Å². The third-order valence-electron chi connectivity index (χ3n) is 4.05. The number of nitrogens with one attached hydrogen (secondary N) is 1. The van der Waals surface area contributed by atoms with Crippen molar-refractivity contribution in [2.75, 3.05) is 6.54 Å². The molecule has 0 radical (unpaired) electrons. The van der Waals surface area contributed by atoms with Crippen LogP contribution in [0, 0.1) is 12.8 Å². The lowest BCUT2D eigenvalue weighted by Crippen LogP contribution is -2.32. The van der Waals surface area contributed by atoms with Crippen LogP contribution in [-0.2, 0) is 12.8 Å². The van der Waals surface area contributed by atoms with E-state index in [0.717, 1.165) is 35.8 Å². The Kier molecular flexibility index (Phi) is 4.31. The van der Waals surface area contributed by atoms with Gasteiger partial charge in [-0.05, 0) is 44.2 Å². The van der Waals surface area contributed by atoms with Gasteiger partial charge in [0.05, 0.1) is 10.4 Å². The lowest BCUT2D eigenvalue weighted by atomic mass is 9.85. The summed E-state index contributed by atoms with van der Waals surface area (Å²) in [5.41, 5.74) is 5.58. The zero-order valence-corrected chi connectivity index (χ0v) is 13.7. The van der Waals surface area contributed by atoms with E-state index in [1.165, 1.54) is 17.7 Å². The van der Waals surface area contributed by atoms with Crippen LogP contribution in [-0.4, -0.2) is 27.5 Å². The summed E-state index contributed by atoms with van der Waals surface area (Å²) < 4.78 is 0. The lowest BCUT2D eigenvalue weighted by molar-refractivity contribution is 0.401. The molecule has 21 heavy (non-hydrogen) atoms. The molecule has 2 heterocycles. The fourth-order valence-electron chi connectivity index (χ4n) is 2.87. The van der Waals surface area contributed by atoms with Crippen LogP contribution in [0.15, 0.2) is 11.7 Å². The minimum Gasteiger partial charge on any atom is -0.314 e. The molecule has 0 aliphatic heterocycles. The first-order chi connectivity index (χ1) is 10.1. The van der Waals surface area contributed by atoms with Crippen molar-refractivity contribution in [1.29, 1.82) is 0 Å². The third-order valence-corrected chi connectivity index (χ3v) is 4.82. The quantitative estimate of drug-likeness (QED) is 0.943. The minimum absolute atomic E-state index is 0.553. The van der Waals surface area contributed by atoms with Crippen LogP contribution in [0.5, 0.6) is 0 Å². The van der Waals surface area contributed by atoms with Gasteiger partial charge in [0.25, 0.3) is 0 Å². The summed E-state index contributed by atoms with van der Waals surface area (Å²) >= 11 is 1.60. The number of hydrogen-bond donors (Lipinski definition) is 1. The van der Waals surface area contributed by atoms with Gasteiger partial charge in [0, 0.05) is 23.6 Å². The standard InChI is InChI=1S/C16H22N4S/c1-10(2)18-7-12-4-5-14-13(6-12)11(3)19-16(20-14)15-8-17-9-21-15/h8-10,12,18H,4-7H2,1-3H3. The molecule has 1 aliphatic carbocycles. The predicted molar refractivity (Wildman–Crippen MR) is 86.5 cm³/mol. The largest absolute Gasteiger partial charge is 0.314 e. The summed E-state index contributed by atoms with van der Waals surface area (Å²) in [6, 6.07) is 0.553. The fraction of sp³-hybridized carbons (Fsp3) is 0.562. The van der Waals surface area contributed by atoms with Crippen LogP contribution < -0.4 is 5.32 Å². The molecular formula is C16H22N4S. The van der Waals surface area contributed by atoms with Gasteiger partial charge in [0.1, 0.15) is 0 Å². The maximum absolute atomic E-state index is 4.79. The average molecular weight is 302 g/mol. The number of nitrogens with zero attached hydrogens (tertiary/aromatic N) is 3.